The Labute approximate surface area is 174 Å². The number of hydrogen-bond acceptors (Lipinski definition) is 7. The van der Waals surface area contributed by atoms with E-state index in [2.05, 4.69) is 5.32 Å². The summed E-state index contributed by atoms with van der Waals surface area (Å²) >= 11 is 0. The van der Waals surface area contributed by atoms with E-state index in [0.29, 0.717) is 11.5 Å². The van der Waals surface area contributed by atoms with Crippen molar-refractivity contribution in [3.8, 4) is 11.5 Å². The van der Waals surface area contributed by atoms with Crippen LogP contribution in [0.3, 0.4) is 0 Å². The van der Waals surface area contributed by atoms with E-state index in [4.69, 9.17) is 23.7 Å². The predicted octanol–water partition coefficient (Wildman–Crippen LogP) is 1.78. The molecule has 2 fully saturated rings. The molecule has 0 bridgehead atoms. The van der Waals surface area contributed by atoms with Crippen molar-refractivity contribution in [3.63, 3.8) is 0 Å². The first kappa shape index (κ1) is 20.6. The Hall–Kier alpha value is -2.65. The molecule has 6 atom stereocenters. The third-order valence-corrected chi connectivity index (χ3v) is 5.12. The van der Waals surface area contributed by atoms with Gasteiger partial charge in [0.25, 0.3) is 0 Å². The van der Waals surface area contributed by atoms with Crippen LogP contribution < -0.4 is 14.8 Å². The van der Waals surface area contributed by atoms with Gasteiger partial charge < -0.3 is 34.1 Å². The predicted molar refractivity (Wildman–Crippen MR) is 106 cm³/mol. The molecule has 0 spiro atoms. The van der Waals surface area contributed by atoms with Crippen molar-refractivity contribution in [2.45, 2.75) is 43.9 Å². The molecule has 0 aliphatic carbocycles. The standard InChI is InChI=1S/C22H25NO7/c1-13(24)23-18-19(25)20-17(12-27-21(30-20)14-8-4-3-5-9-14)29-22(18)28-16-11-7-6-10-15(16)26-2/h3-11,17-22,25H,12H2,1-2H3,(H,23,24)/t17-,18-,19-,20-,21?,22-/m1/s1. The van der Waals surface area contributed by atoms with Crippen molar-refractivity contribution >= 4 is 5.91 Å². The van der Waals surface area contributed by atoms with Gasteiger partial charge in [-0.3, -0.25) is 4.79 Å². The number of aliphatic hydroxyl groups excluding tert-OH is 1. The molecule has 4 rings (SSSR count). The third kappa shape index (κ3) is 4.27. The van der Waals surface area contributed by atoms with E-state index in [1.165, 1.54) is 14.0 Å². The summed E-state index contributed by atoms with van der Waals surface area (Å²) in [6.07, 6.45) is -3.91. The van der Waals surface area contributed by atoms with Crippen LogP contribution >= 0.6 is 0 Å². The first-order valence-electron chi connectivity index (χ1n) is 9.79. The van der Waals surface area contributed by atoms with Crippen molar-refractivity contribution in [1.29, 1.82) is 0 Å². The number of aliphatic hydroxyl groups is 1. The molecule has 2 heterocycles. The molecule has 2 aliphatic rings. The Morgan fingerprint density at radius 1 is 1.07 bits per heavy atom. The number of fused-ring (bicyclic) bond motifs is 1. The van der Waals surface area contributed by atoms with Gasteiger partial charge in [-0.2, -0.15) is 0 Å². The minimum atomic E-state index is -1.07. The largest absolute Gasteiger partial charge is 0.493 e. The maximum atomic E-state index is 11.8. The van der Waals surface area contributed by atoms with Crippen LogP contribution in [0.25, 0.3) is 0 Å². The maximum Gasteiger partial charge on any atom is 0.223 e. The first-order valence-corrected chi connectivity index (χ1v) is 9.79. The van der Waals surface area contributed by atoms with Gasteiger partial charge in [-0.05, 0) is 12.1 Å². The van der Waals surface area contributed by atoms with Gasteiger partial charge in [0, 0.05) is 12.5 Å². The van der Waals surface area contributed by atoms with E-state index in [-0.39, 0.29) is 12.5 Å². The number of methoxy groups -OCH3 is 1. The fourth-order valence-electron chi connectivity index (χ4n) is 3.70. The summed E-state index contributed by atoms with van der Waals surface area (Å²) in [4.78, 5) is 11.8. The van der Waals surface area contributed by atoms with E-state index in [0.717, 1.165) is 5.56 Å². The Bertz CT molecular complexity index is 862. The molecule has 0 aromatic heterocycles. The second-order valence-electron chi connectivity index (χ2n) is 7.21. The lowest BCUT2D eigenvalue weighted by Crippen LogP contribution is -2.67. The molecule has 2 N–H and O–H groups in total. The number of rotatable bonds is 5. The van der Waals surface area contributed by atoms with Gasteiger partial charge in [-0.25, -0.2) is 0 Å². The molecule has 0 saturated carbocycles. The van der Waals surface area contributed by atoms with Gasteiger partial charge in [-0.15, -0.1) is 0 Å². The van der Waals surface area contributed by atoms with Gasteiger partial charge in [0.15, 0.2) is 17.8 Å². The van der Waals surface area contributed by atoms with Crippen LogP contribution in [-0.4, -0.2) is 55.4 Å². The number of para-hydroxylation sites is 2. The van der Waals surface area contributed by atoms with Crippen LogP contribution in [-0.2, 0) is 19.0 Å². The molecule has 8 heteroatoms. The topological polar surface area (TPSA) is 95.5 Å². The number of hydrogen-bond donors (Lipinski definition) is 2. The Kier molecular flexibility index (Phi) is 6.19. The smallest absolute Gasteiger partial charge is 0.223 e. The van der Waals surface area contributed by atoms with Crippen LogP contribution in [0.5, 0.6) is 11.5 Å². The van der Waals surface area contributed by atoms with Gasteiger partial charge in [0.05, 0.1) is 13.7 Å². The fourth-order valence-corrected chi connectivity index (χ4v) is 3.70. The number of ether oxygens (including phenoxy) is 5. The summed E-state index contributed by atoms with van der Waals surface area (Å²) in [6, 6.07) is 15.7. The Morgan fingerprint density at radius 2 is 1.77 bits per heavy atom. The zero-order valence-corrected chi connectivity index (χ0v) is 16.8. The van der Waals surface area contributed by atoms with Crippen LogP contribution in [0.15, 0.2) is 54.6 Å². The second-order valence-corrected chi connectivity index (χ2v) is 7.21. The molecule has 8 nitrogen and oxygen atoms in total. The highest BCUT2D eigenvalue weighted by molar-refractivity contribution is 5.73. The van der Waals surface area contributed by atoms with Gasteiger partial charge in [0.1, 0.15) is 24.4 Å². The van der Waals surface area contributed by atoms with E-state index in [9.17, 15) is 9.90 Å². The van der Waals surface area contributed by atoms with Crippen molar-refractivity contribution in [2.75, 3.05) is 13.7 Å². The minimum absolute atomic E-state index is 0.208. The molecular formula is C22H25NO7. The summed E-state index contributed by atoms with van der Waals surface area (Å²) < 4.78 is 29.2. The van der Waals surface area contributed by atoms with Crippen molar-refractivity contribution in [3.05, 3.63) is 60.2 Å². The lowest BCUT2D eigenvalue weighted by molar-refractivity contribution is -0.333. The van der Waals surface area contributed by atoms with E-state index < -0.39 is 36.9 Å². The molecule has 160 valence electrons. The number of benzene rings is 2. The van der Waals surface area contributed by atoms with Gasteiger partial charge >= 0.3 is 0 Å². The minimum Gasteiger partial charge on any atom is -0.493 e. The zero-order valence-electron chi connectivity index (χ0n) is 16.8. The van der Waals surface area contributed by atoms with Crippen LogP contribution in [0, 0.1) is 0 Å². The number of carbonyl (C=O) groups excluding carboxylic acids is 1. The van der Waals surface area contributed by atoms with Crippen molar-refractivity contribution in [1.82, 2.24) is 5.32 Å². The SMILES string of the molecule is COc1ccccc1O[C@@H]1O[C@@H]2COC(c3ccccc3)O[C@H]2[C@H](O)[C@H]1NC(C)=O. The Morgan fingerprint density at radius 3 is 2.47 bits per heavy atom. The molecule has 30 heavy (non-hydrogen) atoms. The Balaban J connectivity index is 1.55. The van der Waals surface area contributed by atoms with Gasteiger partial charge in [-0.1, -0.05) is 42.5 Å². The molecule has 2 saturated heterocycles. The quantitative estimate of drug-likeness (QED) is 0.769. The summed E-state index contributed by atoms with van der Waals surface area (Å²) in [7, 11) is 1.53. The molecule has 2 aliphatic heterocycles. The van der Waals surface area contributed by atoms with Crippen molar-refractivity contribution in [2.24, 2.45) is 0 Å². The van der Waals surface area contributed by atoms with E-state index in [1.807, 2.05) is 36.4 Å². The molecule has 2 aromatic rings. The highest BCUT2D eigenvalue weighted by atomic mass is 16.7. The average Bonchev–Trinajstić information content (AvgIpc) is 2.77. The van der Waals surface area contributed by atoms with Crippen LogP contribution in [0.4, 0.5) is 0 Å². The number of amides is 1. The van der Waals surface area contributed by atoms with Gasteiger partial charge in [0.2, 0.25) is 12.2 Å². The second kappa shape index (κ2) is 9.01. The highest BCUT2D eigenvalue weighted by Crippen LogP contribution is 2.36. The highest BCUT2D eigenvalue weighted by Gasteiger charge is 2.50. The summed E-state index contributed by atoms with van der Waals surface area (Å²) in [5.74, 6) is 0.631. The summed E-state index contributed by atoms with van der Waals surface area (Å²) in [5, 5.41) is 13.8. The van der Waals surface area contributed by atoms with Crippen LogP contribution in [0.2, 0.25) is 0 Å². The average molecular weight is 415 g/mol. The summed E-state index contributed by atoms with van der Waals surface area (Å²) in [5.41, 5.74) is 0.839. The van der Waals surface area contributed by atoms with E-state index >= 15 is 0 Å². The number of carbonyl (C=O) groups is 1. The lowest BCUT2D eigenvalue weighted by atomic mass is 9.95. The number of nitrogens with one attached hydrogen (secondary N) is 1. The summed E-state index contributed by atoms with van der Waals surface area (Å²) in [6.45, 7) is 1.58. The molecule has 0 radical (unpaired) electrons. The fraction of sp³-hybridized carbons (Fsp3) is 0.409. The van der Waals surface area contributed by atoms with Crippen LogP contribution in [0.1, 0.15) is 18.8 Å². The van der Waals surface area contributed by atoms with E-state index in [1.54, 1.807) is 18.2 Å². The zero-order chi connectivity index (χ0) is 21.1. The molecule has 1 amide bonds. The molecule has 1 unspecified atom stereocenters. The molecular weight excluding hydrogens is 390 g/mol. The monoisotopic (exact) mass is 415 g/mol. The molecule has 2 aromatic carbocycles. The maximum absolute atomic E-state index is 11.8. The first-order chi connectivity index (χ1) is 14.6. The lowest BCUT2D eigenvalue weighted by Gasteiger charge is -2.47. The normalized spacial score (nSPS) is 30.8. The third-order valence-electron chi connectivity index (χ3n) is 5.12. The van der Waals surface area contributed by atoms with Crippen molar-refractivity contribution < 1.29 is 33.6 Å².